The second kappa shape index (κ2) is 8.18. The van der Waals surface area contributed by atoms with E-state index < -0.39 is 0 Å². The minimum atomic E-state index is 0.469. The highest BCUT2D eigenvalue weighted by atomic mass is 32.1. The van der Waals surface area contributed by atoms with E-state index in [1.54, 1.807) is 0 Å². The monoisotopic (exact) mass is 302 g/mol. The summed E-state index contributed by atoms with van der Waals surface area (Å²) in [7, 11) is 0. The first-order valence-electron chi connectivity index (χ1n) is 8.11. The van der Waals surface area contributed by atoms with Crippen molar-refractivity contribution in [1.82, 2.24) is 4.57 Å². The van der Waals surface area contributed by atoms with Crippen LogP contribution in [0.25, 0.3) is 10.9 Å². The molecule has 0 aliphatic carbocycles. The maximum absolute atomic E-state index is 5.68. The molecule has 1 aromatic carbocycles. The van der Waals surface area contributed by atoms with Crippen LogP contribution in [0, 0.1) is 0 Å². The summed E-state index contributed by atoms with van der Waals surface area (Å²) in [5.74, 6) is 0. The fraction of sp³-hybridized carbons (Fsp3) is 0.500. The zero-order valence-corrected chi connectivity index (χ0v) is 13.8. The molecule has 0 fully saturated rings. The Morgan fingerprint density at radius 2 is 1.76 bits per heavy atom. The minimum Gasteiger partial charge on any atom is -0.389 e. The Labute approximate surface area is 133 Å². The molecule has 0 saturated carbocycles. The van der Waals surface area contributed by atoms with E-state index in [9.17, 15) is 0 Å². The van der Waals surface area contributed by atoms with Crippen molar-refractivity contribution >= 4 is 28.1 Å². The molecule has 21 heavy (non-hydrogen) atoms. The van der Waals surface area contributed by atoms with Crippen LogP contribution in [0.1, 0.15) is 57.4 Å². The standard InChI is InChI=1S/C18H26N2S/c1-2-3-4-5-6-7-8-12-20-13-11-15-14-16(18(19)21)9-10-17(15)20/h9-11,13-14H,2-8,12H2,1H3,(H2,19,21). The van der Waals surface area contributed by atoms with Crippen molar-refractivity contribution < 1.29 is 0 Å². The van der Waals surface area contributed by atoms with Gasteiger partial charge in [-0.2, -0.15) is 0 Å². The zero-order valence-electron chi connectivity index (χ0n) is 13.0. The van der Waals surface area contributed by atoms with E-state index in [2.05, 4.69) is 35.9 Å². The van der Waals surface area contributed by atoms with Gasteiger partial charge in [0.2, 0.25) is 0 Å². The summed E-state index contributed by atoms with van der Waals surface area (Å²) in [5.41, 5.74) is 7.91. The van der Waals surface area contributed by atoms with Gasteiger partial charge in [0.1, 0.15) is 4.99 Å². The number of hydrogen-bond donors (Lipinski definition) is 1. The summed E-state index contributed by atoms with van der Waals surface area (Å²) in [6.45, 7) is 3.36. The molecule has 1 aromatic heterocycles. The molecular weight excluding hydrogens is 276 g/mol. The summed E-state index contributed by atoms with van der Waals surface area (Å²) < 4.78 is 2.34. The fourth-order valence-corrected chi connectivity index (χ4v) is 2.91. The predicted molar refractivity (Wildman–Crippen MR) is 95.8 cm³/mol. The molecule has 0 unspecified atom stereocenters. The molecule has 3 heteroatoms. The van der Waals surface area contributed by atoms with Crippen LogP contribution >= 0.6 is 12.2 Å². The van der Waals surface area contributed by atoms with E-state index in [0.29, 0.717) is 4.99 Å². The summed E-state index contributed by atoms with van der Waals surface area (Å²) in [5, 5.41) is 1.23. The molecule has 0 amide bonds. The highest BCUT2D eigenvalue weighted by molar-refractivity contribution is 7.80. The second-order valence-corrected chi connectivity index (χ2v) is 6.21. The first kappa shape index (κ1) is 16.0. The van der Waals surface area contributed by atoms with Gasteiger partial charge in [-0.1, -0.05) is 57.7 Å². The van der Waals surface area contributed by atoms with Gasteiger partial charge in [0, 0.05) is 29.2 Å². The molecule has 2 rings (SSSR count). The number of fused-ring (bicyclic) bond motifs is 1. The van der Waals surface area contributed by atoms with Crippen LogP contribution in [0.5, 0.6) is 0 Å². The van der Waals surface area contributed by atoms with Crippen LogP contribution in [0.2, 0.25) is 0 Å². The van der Waals surface area contributed by atoms with Crippen LogP contribution in [-0.2, 0) is 6.54 Å². The Hall–Kier alpha value is -1.35. The quantitative estimate of drug-likeness (QED) is 0.520. The third-order valence-corrected chi connectivity index (χ3v) is 4.29. The van der Waals surface area contributed by atoms with E-state index in [0.717, 1.165) is 12.1 Å². The molecule has 114 valence electrons. The van der Waals surface area contributed by atoms with Gasteiger partial charge in [0.15, 0.2) is 0 Å². The number of rotatable bonds is 9. The van der Waals surface area contributed by atoms with Crippen LogP contribution in [-0.4, -0.2) is 9.56 Å². The average molecular weight is 302 g/mol. The van der Waals surface area contributed by atoms with Crippen LogP contribution in [0.4, 0.5) is 0 Å². The van der Waals surface area contributed by atoms with E-state index >= 15 is 0 Å². The molecule has 0 saturated heterocycles. The zero-order chi connectivity index (χ0) is 15.1. The van der Waals surface area contributed by atoms with Gasteiger partial charge < -0.3 is 10.3 Å². The Balaban J connectivity index is 1.84. The van der Waals surface area contributed by atoms with Crippen LogP contribution in [0.3, 0.4) is 0 Å². The summed E-state index contributed by atoms with van der Waals surface area (Å²) in [4.78, 5) is 0.469. The number of aryl methyl sites for hydroxylation is 1. The molecular formula is C18H26N2S. The fourth-order valence-electron chi connectivity index (χ4n) is 2.79. The van der Waals surface area contributed by atoms with E-state index in [1.807, 2.05) is 6.07 Å². The maximum Gasteiger partial charge on any atom is 0.104 e. The van der Waals surface area contributed by atoms with Gasteiger partial charge in [0.05, 0.1) is 0 Å². The van der Waals surface area contributed by atoms with Gasteiger partial charge >= 0.3 is 0 Å². The number of nitrogens with zero attached hydrogens (tertiary/aromatic N) is 1. The number of unbranched alkanes of at least 4 members (excludes halogenated alkanes) is 6. The highest BCUT2D eigenvalue weighted by Crippen LogP contribution is 2.19. The first-order valence-corrected chi connectivity index (χ1v) is 8.52. The van der Waals surface area contributed by atoms with Crippen molar-refractivity contribution in [2.45, 2.75) is 58.4 Å². The topological polar surface area (TPSA) is 30.9 Å². The smallest absolute Gasteiger partial charge is 0.104 e. The molecule has 2 N–H and O–H groups in total. The minimum absolute atomic E-state index is 0.469. The largest absolute Gasteiger partial charge is 0.389 e. The summed E-state index contributed by atoms with van der Waals surface area (Å²) >= 11 is 5.03. The molecule has 0 radical (unpaired) electrons. The summed E-state index contributed by atoms with van der Waals surface area (Å²) in [6, 6.07) is 8.38. The second-order valence-electron chi connectivity index (χ2n) is 5.77. The Morgan fingerprint density at radius 1 is 1.05 bits per heavy atom. The number of hydrogen-bond acceptors (Lipinski definition) is 1. The molecule has 0 atom stereocenters. The maximum atomic E-state index is 5.68. The predicted octanol–water partition coefficient (Wildman–Crippen LogP) is 5.03. The Morgan fingerprint density at radius 3 is 2.48 bits per heavy atom. The molecule has 0 aliphatic heterocycles. The lowest BCUT2D eigenvalue weighted by Gasteiger charge is -2.06. The summed E-state index contributed by atoms with van der Waals surface area (Å²) in [6.07, 6.45) is 11.6. The third-order valence-electron chi connectivity index (χ3n) is 4.06. The molecule has 0 bridgehead atoms. The third kappa shape index (κ3) is 4.57. The van der Waals surface area contributed by atoms with Crippen LogP contribution < -0.4 is 5.73 Å². The molecule has 2 aromatic rings. The van der Waals surface area contributed by atoms with Gasteiger partial charge in [-0.15, -0.1) is 0 Å². The lowest BCUT2D eigenvalue weighted by molar-refractivity contribution is 0.556. The normalized spacial score (nSPS) is 11.1. The number of thiocarbonyl (C=S) groups is 1. The number of aromatic nitrogens is 1. The van der Waals surface area contributed by atoms with E-state index in [-0.39, 0.29) is 0 Å². The number of benzene rings is 1. The SMILES string of the molecule is CCCCCCCCCn1ccc2cc(C(N)=S)ccc21. The molecule has 2 nitrogen and oxygen atoms in total. The van der Waals surface area contributed by atoms with Crippen molar-refractivity contribution in [3.05, 3.63) is 36.0 Å². The lowest BCUT2D eigenvalue weighted by atomic mass is 10.1. The van der Waals surface area contributed by atoms with Crippen molar-refractivity contribution in [2.24, 2.45) is 5.73 Å². The Bertz CT molecular complexity index is 586. The molecule has 0 spiro atoms. The first-order chi connectivity index (χ1) is 10.2. The van der Waals surface area contributed by atoms with Gasteiger partial charge in [0.25, 0.3) is 0 Å². The van der Waals surface area contributed by atoms with Crippen molar-refractivity contribution in [1.29, 1.82) is 0 Å². The molecule has 0 aliphatic rings. The highest BCUT2D eigenvalue weighted by Gasteiger charge is 2.03. The van der Waals surface area contributed by atoms with Gasteiger partial charge in [-0.3, -0.25) is 0 Å². The van der Waals surface area contributed by atoms with Crippen LogP contribution in [0.15, 0.2) is 30.5 Å². The Kier molecular flexibility index (Phi) is 6.24. The van der Waals surface area contributed by atoms with E-state index in [1.165, 1.54) is 55.8 Å². The van der Waals surface area contributed by atoms with Crippen molar-refractivity contribution in [3.8, 4) is 0 Å². The lowest BCUT2D eigenvalue weighted by Crippen LogP contribution is -2.08. The van der Waals surface area contributed by atoms with E-state index in [4.69, 9.17) is 18.0 Å². The van der Waals surface area contributed by atoms with Gasteiger partial charge in [-0.25, -0.2) is 0 Å². The van der Waals surface area contributed by atoms with Crippen molar-refractivity contribution in [3.63, 3.8) is 0 Å². The average Bonchev–Trinajstić information content (AvgIpc) is 2.88. The number of nitrogens with two attached hydrogens (primary N) is 1. The van der Waals surface area contributed by atoms with Crippen molar-refractivity contribution in [2.75, 3.05) is 0 Å². The van der Waals surface area contributed by atoms with Gasteiger partial charge in [-0.05, 0) is 30.7 Å². The molecule has 1 heterocycles.